The van der Waals surface area contributed by atoms with Crippen molar-refractivity contribution in [2.24, 2.45) is 0 Å². The topological polar surface area (TPSA) is 62.0 Å². The van der Waals surface area contributed by atoms with E-state index in [1.807, 2.05) is 13.0 Å². The molecule has 0 radical (unpaired) electrons. The molecule has 4 nitrogen and oxygen atoms in total. The van der Waals surface area contributed by atoms with Crippen LogP contribution in [0.25, 0.3) is 0 Å². The Morgan fingerprint density at radius 3 is 2.71 bits per heavy atom. The predicted molar refractivity (Wildman–Crippen MR) is 84.7 cm³/mol. The van der Waals surface area contributed by atoms with Crippen LogP contribution in [0.5, 0.6) is 0 Å². The van der Waals surface area contributed by atoms with Gasteiger partial charge in [-0.2, -0.15) is 0 Å². The number of pyridine rings is 1. The van der Waals surface area contributed by atoms with Gasteiger partial charge in [-0.3, -0.25) is 9.59 Å². The van der Waals surface area contributed by atoms with Crippen molar-refractivity contribution in [3.63, 3.8) is 0 Å². The van der Waals surface area contributed by atoms with Crippen molar-refractivity contribution < 1.29 is 4.79 Å². The van der Waals surface area contributed by atoms with Gasteiger partial charge in [-0.25, -0.2) is 0 Å². The molecule has 0 aromatic carbocycles. The van der Waals surface area contributed by atoms with Crippen molar-refractivity contribution in [1.29, 1.82) is 0 Å². The quantitative estimate of drug-likeness (QED) is 0.721. The van der Waals surface area contributed by atoms with Crippen LogP contribution in [0.1, 0.15) is 80.8 Å². The molecule has 1 atom stereocenters. The Bertz CT molecular complexity index is 532. The molecular formula is C17H26N2O2. The van der Waals surface area contributed by atoms with E-state index in [0.717, 1.165) is 31.4 Å². The second-order valence-electron chi connectivity index (χ2n) is 6.15. The molecule has 1 amide bonds. The molecule has 1 aliphatic carbocycles. The van der Waals surface area contributed by atoms with E-state index in [0.29, 0.717) is 5.92 Å². The molecule has 4 heteroatoms. The molecule has 1 aromatic rings. The zero-order chi connectivity index (χ0) is 15.2. The fraction of sp³-hybridized carbons (Fsp3) is 0.647. The van der Waals surface area contributed by atoms with Gasteiger partial charge in [-0.15, -0.1) is 0 Å². The second-order valence-corrected chi connectivity index (χ2v) is 6.15. The zero-order valence-electron chi connectivity index (χ0n) is 13.1. The van der Waals surface area contributed by atoms with Crippen LogP contribution in [0.15, 0.2) is 16.9 Å². The van der Waals surface area contributed by atoms with Crippen LogP contribution in [0.3, 0.4) is 0 Å². The van der Waals surface area contributed by atoms with Crippen LogP contribution in [0.4, 0.5) is 0 Å². The van der Waals surface area contributed by atoms with Crippen LogP contribution in [0.2, 0.25) is 0 Å². The van der Waals surface area contributed by atoms with E-state index in [-0.39, 0.29) is 23.1 Å². The Labute approximate surface area is 126 Å². The molecule has 0 saturated heterocycles. The lowest BCUT2D eigenvalue weighted by molar-refractivity contribution is 0.0936. The summed E-state index contributed by atoms with van der Waals surface area (Å²) in [6.45, 7) is 4.18. The molecule has 116 valence electrons. The molecule has 1 aliphatic rings. The highest BCUT2D eigenvalue weighted by molar-refractivity contribution is 5.93. The molecule has 1 aromatic heterocycles. The van der Waals surface area contributed by atoms with E-state index in [1.165, 1.54) is 19.3 Å². The molecule has 2 rings (SSSR count). The molecule has 0 unspecified atom stereocenters. The average molecular weight is 290 g/mol. The van der Waals surface area contributed by atoms with E-state index >= 15 is 0 Å². The third-order valence-electron chi connectivity index (χ3n) is 4.06. The molecule has 1 fully saturated rings. The molecule has 0 spiro atoms. The Kier molecular flexibility index (Phi) is 5.59. The molecule has 1 saturated carbocycles. The third-order valence-corrected chi connectivity index (χ3v) is 4.06. The number of amides is 1. The smallest absolute Gasteiger partial charge is 0.261 e. The first-order valence-corrected chi connectivity index (χ1v) is 8.16. The van der Waals surface area contributed by atoms with Crippen molar-refractivity contribution in [3.8, 4) is 0 Å². The number of hydrogen-bond donors (Lipinski definition) is 2. The summed E-state index contributed by atoms with van der Waals surface area (Å²) < 4.78 is 0. The van der Waals surface area contributed by atoms with Gasteiger partial charge in [0.25, 0.3) is 11.5 Å². The van der Waals surface area contributed by atoms with Gasteiger partial charge in [0.15, 0.2) is 0 Å². The maximum Gasteiger partial charge on any atom is 0.261 e. The van der Waals surface area contributed by atoms with Crippen molar-refractivity contribution >= 4 is 5.91 Å². The minimum absolute atomic E-state index is 0.108. The number of nitrogens with one attached hydrogen (secondary N) is 2. The minimum atomic E-state index is -0.268. The SMILES string of the molecule is CCCCCC[C@@H](C)NC(=O)c1ccc(C2CC2)[nH]c1=O. The van der Waals surface area contributed by atoms with Crippen molar-refractivity contribution in [2.45, 2.75) is 70.8 Å². The summed E-state index contributed by atoms with van der Waals surface area (Å²) in [5.74, 6) is 0.230. The Balaban J connectivity index is 1.86. The van der Waals surface area contributed by atoms with E-state index < -0.39 is 0 Å². The first-order valence-electron chi connectivity index (χ1n) is 8.16. The number of carbonyl (C=O) groups excluding carboxylic acids is 1. The maximum atomic E-state index is 12.1. The predicted octanol–water partition coefficient (Wildman–Crippen LogP) is 3.34. The van der Waals surface area contributed by atoms with Gasteiger partial charge in [0.1, 0.15) is 5.56 Å². The van der Waals surface area contributed by atoms with E-state index in [4.69, 9.17) is 0 Å². The Morgan fingerprint density at radius 2 is 2.10 bits per heavy atom. The van der Waals surface area contributed by atoms with Gasteiger partial charge in [-0.1, -0.05) is 32.6 Å². The lowest BCUT2D eigenvalue weighted by Gasteiger charge is -2.13. The number of hydrogen-bond acceptors (Lipinski definition) is 2. The second kappa shape index (κ2) is 7.43. The standard InChI is InChI=1S/C17H26N2O2/c1-3-4-5-6-7-12(2)18-16(20)14-10-11-15(13-8-9-13)19-17(14)21/h10-13H,3-9H2,1-2H3,(H,18,20)(H,19,21)/t12-/m1/s1. The number of rotatable bonds is 8. The summed E-state index contributed by atoms with van der Waals surface area (Å²) in [7, 11) is 0. The van der Waals surface area contributed by atoms with Crippen LogP contribution in [-0.4, -0.2) is 16.9 Å². The van der Waals surface area contributed by atoms with Gasteiger partial charge in [0.2, 0.25) is 0 Å². The molecular weight excluding hydrogens is 264 g/mol. The highest BCUT2D eigenvalue weighted by atomic mass is 16.2. The Hall–Kier alpha value is -1.58. The lowest BCUT2D eigenvalue weighted by Crippen LogP contribution is -2.36. The van der Waals surface area contributed by atoms with E-state index in [9.17, 15) is 9.59 Å². The van der Waals surface area contributed by atoms with Gasteiger partial charge in [-0.05, 0) is 44.2 Å². The molecule has 2 N–H and O–H groups in total. The number of aromatic nitrogens is 1. The van der Waals surface area contributed by atoms with E-state index in [1.54, 1.807) is 6.07 Å². The fourth-order valence-corrected chi connectivity index (χ4v) is 2.55. The first-order chi connectivity index (χ1) is 10.1. The Morgan fingerprint density at radius 1 is 1.33 bits per heavy atom. The molecule has 0 bridgehead atoms. The van der Waals surface area contributed by atoms with Crippen molar-refractivity contribution in [3.05, 3.63) is 33.7 Å². The van der Waals surface area contributed by atoms with Crippen molar-refractivity contribution in [2.75, 3.05) is 0 Å². The summed E-state index contributed by atoms with van der Waals surface area (Å²) in [5, 5.41) is 2.92. The fourth-order valence-electron chi connectivity index (χ4n) is 2.55. The highest BCUT2D eigenvalue weighted by Crippen LogP contribution is 2.38. The van der Waals surface area contributed by atoms with Crippen LogP contribution < -0.4 is 10.9 Å². The van der Waals surface area contributed by atoms with Gasteiger partial charge in [0, 0.05) is 11.7 Å². The van der Waals surface area contributed by atoms with Gasteiger partial charge in [0.05, 0.1) is 0 Å². The maximum absolute atomic E-state index is 12.1. The minimum Gasteiger partial charge on any atom is -0.349 e. The number of aromatic amines is 1. The number of carbonyl (C=O) groups is 1. The normalized spacial score (nSPS) is 15.7. The van der Waals surface area contributed by atoms with Crippen LogP contribution in [-0.2, 0) is 0 Å². The zero-order valence-corrected chi connectivity index (χ0v) is 13.1. The highest BCUT2D eigenvalue weighted by Gasteiger charge is 2.25. The number of unbranched alkanes of at least 4 members (excludes halogenated alkanes) is 3. The van der Waals surface area contributed by atoms with Crippen LogP contribution >= 0.6 is 0 Å². The summed E-state index contributed by atoms with van der Waals surface area (Å²) in [6.07, 6.45) is 8.00. The average Bonchev–Trinajstić information content (AvgIpc) is 3.28. The summed E-state index contributed by atoms with van der Waals surface area (Å²) >= 11 is 0. The lowest BCUT2D eigenvalue weighted by atomic mass is 10.1. The van der Waals surface area contributed by atoms with Gasteiger partial charge >= 0.3 is 0 Å². The number of H-pyrrole nitrogens is 1. The largest absolute Gasteiger partial charge is 0.349 e. The summed E-state index contributed by atoms with van der Waals surface area (Å²) in [6, 6.07) is 3.64. The molecule has 0 aliphatic heterocycles. The van der Waals surface area contributed by atoms with E-state index in [2.05, 4.69) is 17.2 Å². The van der Waals surface area contributed by atoms with Crippen molar-refractivity contribution in [1.82, 2.24) is 10.3 Å². The van der Waals surface area contributed by atoms with Gasteiger partial charge < -0.3 is 10.3 Å². The van der Waals surface area contributed by atoms with Crippen LogP contribution in [0, 0.1) is 0 Å². The molecule has 1 heterocycles. The summed E-state index contributed by atoms with van der Waals surface area (Å²) in [4.78, 5) is 26.9. The third kappa shape index (κ3) is 4.73. The monoisotopic (exact) mass is 290 g/mol. The molecule has 21 heavy (non-hydrogen) atoms. The first kappa shape index (κ1) is 15.8. The summed E-state index contributed by atoms with van der Waals surface area (Å²) in [5.41, 5.74) is 0.916.